The first kappa shape index (κ1) is 11.6. The van der Waals surface area contributed by atoms with E-state index in [9.17, 15) is 0 Å². The average molecular weight is 289 g/mol. The lowest BCUT2D eigenvalue weighted by molar-refractivity contribution is 0.442. The van der Waals surface area contributed by atoms with Crippen molar-refractivity contribution >= 4 is 27.3 Å². The van der Waals surface area contributed by atoms with Gasteiger partial charge in [-0.1, -0.05) is 6.42 Å². The predicted molar refractivity (Wildman–Crippen MR) is 69.0 cm³/mol. The van der Waals surface area contributed by atoms with Crippen LogP contribution in [0.25, 0.3) is 0 Å². The van der Waals surface area contributed by atoms with Crippen LogP contribution in [0.2, 0.25) is 0 Å². The summed E-state index contributed by atoms with van der Waals surface area (Å²) >= 11 is 5.33. The molecule has 2 rings (SSSR count). The average Bonchev–Trinajstić information content (AvgIpc) is 2.78. The van der Waals surface area contributed by atoms with Gasteiger partial charge in [-0.05, 0) is 52.7 Å². The smallest absolute Gasteiger partial charge is 0.0327 e. The minimum Gasteiger partial charge on any atom is -0.327 e. The van der Waals surface area contributed by atoms with Crippen LogP contribution >= 0.6 is 27.3 Å². The molecule has 0 amide bonds. The number of hydrogen-bond donors (Lipinski definition) is 2. The van der Waals surface area contributed by atoms with Crippen molar-refractivity contribution in [2.75, 3.05) is 6.54 Å². The Labute approximate surface area is 103 Å². The van der Waals surface area contributed by atoms with Crippen LogP contribution in [0.3, 0.4) is 0 Å². The first-order chi connectivity index (χ1) is 7.27. The molecule has 2 unspecified atom stereocenters. The zero-order chi connectivity index (χ0) is 10.7. The van der Waals surface area contributed by atoms with Gasteiger partial charge in [0.05, 0.1) is 0 Å². The minimum atomic E-state index is 0.421. The van der Waals surface area contributed by atoms with E-state index in [4.69, 9.17) is 5.73 Å². The van der Waals surface area contributed by atoms with Gasteiger partial charge in [-0.2, -0.15) is 0 Å². The Hall–Kier alpha value is 0.100. The van der Waals surface area contributed by atoms with Gasteiger partial charge in [0.25, 0.3) is 0 Å². The quantitative estimate of drug-likeness (QED) is 0.894. The summed E-state index contributed by atoms with van der Waals surface area (Å²) in [7, 11) is 0. The van der Waals surface area contributed by atoms with E-state index in [1.807, 2.05) is 0 Å². The molecule has 0 bridgehead atoms. The molecule has 2 nitrogen and oxygen atoms in total. The fraction of sp³-hybridized carbons (Fsp3) is 0.636. The van der Waals surface area contributed by atoms with Crippen molar-refractivity contribution in [3.63, 3.8) is 0 Å². The van der Waals surface area contributed by atoms with Gasteiger partial charge in [-0.25, -0.2) is 0 Å². The summed E-state index contributed by atoms with van der Waals surface area (Å²) in [6, 6.07) is 2.52. The molecule has 0 aliphatic heterocycles. The fourth-order valence-electron chi connectivity index (χ4n) is 2.14. The molecular formula is C11H17BrN2S. The predicted octanol–water partition coefficient (Wildman–Crippen LogP) is 2.73. The highest BCUT2D eigenvalue weighted by atomic mass is 79.9. The second kappa shape index (κ2) is 5.43. The van der Waals surface area contributed by atoms with Crippen LogP contribution in [0.15, 0.2) is 15.9 Å². The molecule has 0 radical (unpaired) electrons. The van der Waals surface area contributed by atoms with Gasteiger partial charge in [0.15, 0.2) is 0 Å². The van der Waals surface area contributed by atoms with Crippen molar-refractivity contribution < 1.29 is 0 Å². The molecule has 1 fully saturated rings. The molecule has 1 aliphatic carbocycles. The molecule has 1 aromatic rings. The van der Waals surface area contributed by atoms with Crippen molar-refractivity contribution in [1.82, 2.24) is 5.32 Å². The third-order valence-corrected chi connectivity index (χ3v) is 5.03. The van der Waals surface area contributed by atoms with E-state index in [-0.39, 0.29) is 0 Å². The van der Waals surface area contributed by atoms with Crippen LogP contribution in [-0.2, 0) is 6.54 Å². The maximum Gasteiger partial charge on any atom is 0.0327 e. The highest BCUT2D eigenvalue weighted by Crippen LogP contribution is 2.24. The largest absolute Gasteiger partial charge is 0.327 e. The van der Waals surface area contributed by atoms with E-state index in [2.05, 4.69) is 32.7 Å². The van der Waals surface area contributed by atoms with Gasteiger partial charge < -0.3 is 11.1 Å². The number of halogens is 1. The van der Waals surface area contributed by atoms with Crippen LogP contribution in [-0.4, -0.2) is 12.6 Å². The lowest BCUT2D eigenvalue weighted by atomic mass is 10.1. The molecule has 0 spiro atoms. The van der Waals surface area contributed by atoms with Gasteiger partial charge in [-0.3, -0.25) is 0 Å². The third-order valence-electron chi connectivity index (χ3n) is 3.10. The van der Waals surface area contributed by atoms with Crippen molar-refractivity contribution in [1.29, 1.82) is 0 Å². The minimum absolute atomic E-state index is 0.421. The van der Waals surface area contributed by atoms with Crippen LogP contribution in [0, 0.1) is 5.92 Å². The van der Waals surface area contributed by atoms with E-state index in [0.29, 0.717) is 12.0 Å². The summed E-state index contributed by atoms with van der Waals surface area (Å²) in [6.07, 6.45) is 3.80. The normalized spacial score (nSPS) is 26.0. The first-order valence-corrected chi connectivity index (χ1v) is 7.13. The summed E-state index contributed by atoms with van der Waals surface area (Å²) in [5.74, 6) is 0.684. The summed E-state index contributed by atoms with van der Waals surface area (Å²) < 4.78 is 1.22. The molecule has 1 saturated carbocycles. The number of thiophene rings is 1. The Morgan fingerprint density at radius 2 is 2.40 bits per heavy atom. The van der Waals surface area contributed by atoms with Crippen LogP contribution in [0.4, 0.5) is 0 Å². The van der Waals surface area contributed by atoms with E-state index in [0.717, 1.165) is 13.1 Å². The molecule has 84 valence electrons. The van der Waals surface area contributed by atoms with Crippen LogP contribution < -0.4 is 11.1 Å². The van der Waals surface area contributed by atoms with E-state index in [1.165, 1.54) is 28.6 Å². The van der Waals surface area contributed by atoms with E-state index >= 15 is 0 Å². The molecule has 4 heteroatoms. The molecule has 0 aromatic carbocycles. The summed E-state index contributed by atoms with van der Waals surface area (Å²) in [5, 5.41) is 5.61. The van der Waals surface area contributed by atoms with Gasteiger partial charge in [-0.15, -0.1) is 11.3 Å². The molecule has 3 N–H and O–H groups in total. The lowest BCUT2D eigenvalue weighted by Crippen LogP contribution is -2.32. The monoisotopic (exact) mass is 288 g/mol. The van der Waals surface area contributed by atoms with Crippen LogP contribution in [0.5, 0.6) is 0 Å². The molecule has 15 heavy (non-hydrogen) atoms. The zero-order valence-electron chi connectivity index (χ0n) is 8.71. The molecule has 1 aromatic heterocycles. The Morgan fingerprint density at radius 3 is 3.00 bits per heavy atom. The lowest BCUT2D eigenvalue weighted by Gasteiger charge is -2.15. The fourth-order valence-corrected chi connectivity index (χ4v) is 3.60. The highest BCUT2D eigenvalue weighted by molar-refractivity contribution is 9.10. The van der Waals surface area contributed by atoms with Crippen molar-refractivity contribution in [2.24, 2.45) is 11.7 Å². The number of rotatable bonds is 4. The summed E-state index contributed by atoms with van der Waals surface area (Å²) in [6.45, 7) is 2.02. The third kappa shape index (κ3) is 3.03. The van der Waals surface area contributed by atoms with Crippen molar-refractivity contribution in [3.05, 3.63) is 20.8 Å². The molecular weight excluding hydrogens is 272 g/mol. The first-order valence-electron chi connectivity index (χ1n) is 5.45. The molecule has 2 atom stereocenters. The SMILES string of the molecule is NC1CCCC1CNCc1sccc1Br. The second-order valence-corrected chi connectivity index (χ2v) is 6.03. The molecule has 1 aliphatic rings. The Morgan fingerprint density at radius 1 is 1.53 bits per heavy atom. The Kier molecular flexibility index (Phi) is 4.20. The maximum absolute atomic E-state index is 6.02. The second-order valence-electron chi connectivity index (χ2n) is 4.18. The van der Waals surface area contributed by atoms with Gasteiger partial charge in [0, 0.05) is 21.9 Å². The van der Waals surface area contributed by atoms with Gasteiger partial charge in [0.2, 0.25) is 0 Å². The number of hydrogen-bond acceptors (Lipinski definition) is 3. The van der Waals surface area contributed by atoms with Gasteiger partial charge >= 0.3 is 0 Å². The highest BCUT2D eigenvalue weighted by Gasteiger charge is 2.23. The Balaban J connectivity index is 1.73. The van der Waals surface area contributed by atoms with E-state index in [1.54, 1.807) is 11.3 Å². The van der Waals surface area contributed by atoms with Crippen LogP contribution in [0.1, 0.15) is 24.1 Å². The molecule has 1 heterocycles. The Bertz CT molecular complexity index is 313. The molecule has 0 saturated heterocycles. The zero-order valence-corrected chi connectivity index (χ0v) is 11.1. The maximum atomic E-state index is 6.02. The number of nitrogens with one attached hydrogen (secondary N) is 1. The van der Waals surface area contributed by atoms with E-state index < -0.39 is 0 Å². The van der Waals surface area contributed by atoms with Crippen molar-refractivity contribution in [3.8, 4) is 0 Å². The van der Waals surface area contributed by atoms with Gasteiger partial charge in [0.1, 0.15) is 0 Å². The number of nitrogens with two attached hydrogens (primary N) is 1. The topological polar surface area (TPSA) is 38.0 Å². The summed E-state index contributed by atoms with van der Waals surface area (Å²) in [4.78, 5) is 1.38. The summed E-state index contributed by atoms with van der Waals surface area (Å²) in [5.41, 5.74) is 6.02. The standard InChI is InChI=1S/C11H17BrN2S/c12-9-4-5-15-11(9)7-14-6-8-2-1-3-10(8)13/h4-5,8,10,14H,1-3,6-7,13H2. The van der Waals surface area contributed by atoms with Crippen molar-refractivity contribution in [2.45, 2.75) is 31.8 Å².